The maximum Gasteiger partial charge on any atom is 0.321 e. The number of urea groups is 1. The molecule has 1 aliphatic rings. The molecule has 30 heavy (non-hydrogen) atoms. The Balaban J connectivity index is 1.63. The highest BCUT2D eigenvalue weighted by atomic mass is 32.2. The molecule has 0 aliphatic heterocycles. The van der Waals surface area contributed by atoms with Crippen molar-refractivity contribution in [2.24, 2.45) is 0 Å². The van der Waals surface area contributed by atoms with Crippen LogP contribution in [0.3, 0.4) is 0 Å². The summed E-state index contributed by atoms with van der Waals surface area (Å²) in [5, 5.41) is 14.8. The number of nitrogens with zero attached hydrogens (tertiary/aromatic N) is 3. The number of imide groups is 1. The van der Waals surface area contributed by atoms with Crippen molar-refractivity contribution in [2.45, 2.75) is 24.0 Å². The molecule has 1 saturated carbocycles. The summed E-state index contributed by atoms with van der Waals surface area (Å²) in [7, 11) is 0. The predicted molar refractivity (Wildman–Crippen MR) is 112 cm³/mol. The third kappa shape index (κ3) is 4.34. The molecule has 2 N–H and O–H groups in total. The summed E-state index contributed by atoms with van der Waals surface area (Å²) in [6.45, 7) is 0. The van der Waals surface area contributed by atoms with Crippen LogP contribution in [0, 0.1) is 11.3 Å². The Labute approximate surface area is 175 Å². The normalized spacial score (nSPS) is 12.9. The van der Waals surface area contributed by atoms with Crippen LogP contribution in [0.4, 0.5) is 4.79 Å². The molecule has 0 saturated heterocycles. The monoisotopic (exact) mass is 419 g/mol. The average Bonchev–Trinajstić information content (AvgIpc) is 3.56. The number of aromatic nitrogens is 2. The Kier molecular flexibility index (Phi) is 5.50. The fourth-order valence-corrected chi connectivity index (χ4v) is 3.68. The molecular formula is C21H17N5O3S. The molecule has 150 valence electrons. The zero-order valence-corrected chi connectivity index (χ0v) is 16.6. The predicted octanol–water partition coefficient (Wildman–Crippen LogP) is 2.34. The Morgan fingerprint density at radius 3 is 2.60 bits per heavy atom. The van der Waals surface area contributed by atoms with Crippen molar-refractivity contribution in [2.75, 3.05) is 5.75 Å². The first-order valence-electron chi connectivity index (χ1n) is 9.30. The Hall–Kier alpha value is -3.64. The van der Waals surface area contributed by atoms with Gasteiger partial charge in [-0.3, -0.25) is 19.5 Å². The highest BCUT2D eigenvalue weighted by molar-refractivity contribution is 7.99. The number of carbonyl (C=O) groups excluding carboxylic acids is 2. The number of hydrogen-bond acceptors (Lipinski definition) is 6. The summed E-state index contributed by atoms with van der Waals surface area (Å²) in [4.78, 5) is 41.6. The van der Waals surface area contributed by atoms with Crippen LogP contribution in [-0.2, 0) is 4.79 Å². The summed E-state index contributed by atoms with van der Waals surface area (Å²) in [5.41, 5.74) is 1.24. The van der Waals surface area contributed by atoms with Crippen molar-refractivity contribution < 1.29 is 9.59 Å². The van der Waals surface area contributed by atoms with E-state index in [4.69, 9.17) is 5.26 Å². The van der Waals surface area contributed by atoms with Gasteiger partial charge in [-0.2, -0.15) is 5.26 Å². The van der Waals surface area contributed by atoms with E-state index < -0.39 is 11.9 Å². The summed E-state index contributed by atoms with van der Waals surface area (Å²) >= 11 is 1.06. The lowest BCUT2D eigenvalue weighted by Crippen LogP contribution is -2.41. The van der Waals surface area contributed by atoms with Gasteiger partial charge in [-0.25, -0.2) is 9.78 Å². The van der Waals surface area contributed by atoms with E-state index in [1.54, 1.807) is 48.5 Å². The number of benzene rings is 2. The second-order valence-electron chi connectivity index (χ2n) is 6.80. The first kappa shape index (κ1) is 19.7. The number of rotatable bonds is 5. The highest BCUT2D eigenvalue weighted by Crippen LogP contribution is 2.22. The third-order valence-electron chi connectivity index (χ3n) is 4.50. The van der Waals surface area contributed by atoms with Crippen LogP contribution in [-0.4, -0.2) is 33.3 Å². The molecule has 4 rings (SSSR count). The highest BCUT2D eigenvalue weighted by Gasteiger charge is 2.24. The van der Waals surface area contributed by atoms with Gasteiger partial charge in [-0.05, 0) is 49.2 Å². The minimum Gasteiger partial charge on any atom is -0.335 e. The summed E-state index contributed by atoms with van der Waals surface area (Å²) < 4.78 is 1.41. The maximum atomic E-state index is 13.1. The topological polar surface area (TPSA) is 117 Å². The smallest absolute Gasteiger partial charge is 0.321 e. The Morgan fingerprint density at radius 1 is 1.17 bits per heavy atom. The molecule has 9 heteroatoms. The number of thioether (sulfide) groups is 1. The molecular weight excluding hydrogens is 402 g/mol. The maximum absolute atomic E-state index is 13.1. The van der Waals surface area contributed by atoms with E-state index in [9.17, 15) is 14.4 Å². The quantitative estimate of drug-likeness (QED) is 0.484. The molecule has 0 bridgehead atoms. The molecule has 3 aromatic rings. The van der Waals surface area contributed by atoms with Gasteiger partial charge in [0.1, 0.15) is 0 Å². The first-order valence-corrected chi connectivity index (χ1v) is 10.3. The van der Waals surface area contributed by atoms with E-state index in [-0.39, 0.29) is 17.4 Å². The fourth-order valence-electron chi connectivity index (χ4n) is 2.86. The third-order valence-corrected chi connectivity index (χ3v) is 5.44. The van der Waals surface area contributed by atoms with Gasteiger partial charge in [-0.1, -0.05) is 23.9 Å². The number of para-hydroxylation sites is 1. The van der Waals surface area contributed by atoms with E-state index >= 15 is 0 Å². The van der Waals surface area contributed by atoms with E-state index in [1.165, 1.54) is 4.57 Å². The van der Waals surface area contributed by atoms with Crippen molar-refractivity contribution in [3.8, 4) is 11.8 Å². The molecule has 3 amide bonds. The lowest BCUT2D eigenvalue weighted by atomic mass is 10.2. The van der Waals surface area contributed by atoms with Gasteiger partial charge >= 0.3 is 6.03 Å². The molecule has 8 nitrogen and oxygen atoms in total. The number of fused-ring (bicyclic) bond motifs is 1. The van der Waals surface area contributed by atoms with Gasteiger partial charge in [0, 0.05) is 6.04 Å². The molecule has 2 aromatic carbocycles. The van der Waals surface area contributed by atoms with Gasteiger partial charge in [0.2, 0.25) is 5.91 Å². The van der Waals surface area contributed by atoms with E-state index in [0.717, 1.165) is 24.6 Å². The van der Waals surface area contributed by atoms with Gasteiger partial charge in [0.05, 0.1) is 34.0 Å². The zero-order chi connectivity index (χ0) is 21.1. The minimum atomic E-state index is -0.515. The number of amides is 3. The molecule has 0 unspecified atom stereocenters. The molecule has 1 aromatic heterocycles. The Bertz CT molecular complexity index is 1230. The van der Waals surface area contributed by atoms with Crippen molar-refractivity contribution in [1.29, 1.82) is 5.26 Å². The number of hydrogen-bond donors (Lipinski definition) is 2. The van der Waals surface area contributed by atoms with Crippen LogP contribution in [0.15, 0.2) is 58.5 Å². The lowest BCUT2D eigenvalue weighted by molar-refractivity contribution is -0.117. The molecule has 1 aliphatic carbocycles. The summed E-state index contributed by atoms with van der Waals surface area (Å²) in [5.74, 6) is -0.564. The Morgan fingerprint density at radius 2 is 1.90 bits per heavy atom. The van der Waals surface area contributed by atoms with Crippen molar-refractivity contribution in [3.05, 3.63) is 64.4 Å². The molecule has 1 fully saturated rings. The van der Waals surface area contributed by atoms with Crippen LogP contribution >= 0.6 is 11.8 Å². The molecule has 1 heterocycles. The number of nitriles is 1. The van der Waals surface area contributed by atoms with E-state index in [0.29, 0.717) is 27.3 Å². The zero-order valence-electron chi connectivity index (χ0n) is 15.8. The van der Waals surface area contributed by atoms with Gasteiger partial charge < -0.3 is 5.32 Å². The van der Waals surface area contributed by atoms with Crippen molar-refractivity contribution in [3.63, 3.8) is 0 Å². The van der Waals surface area contributed by atoms with Gasteiger partial charge in [0.15, 0.2) is 5.16 Å². The van der Waals surface area contributed by atoms with Crippen LogP contribution in [0.1, 0.15) is 18.4 Å². The minimum absolute atomic E-state index is 0.0842. The first-order chi connectivity index (χ1) is 14.5. The largest absolute Gasteiger partial charge is 0.335 e. The second kappa shape index (κ2) is 8.39. The van der Waals surface area contributed by atoms with E-state index in [2.05, 4.69) is 15.6 Å². The van der Waals surface area contributed by atoms with Crippen LogP contribution in [0.25, 0.3) is 16.6 Å². The molecule has 0 radical (unpaired) electrons. The van der Waals surface area contributed by atoms with E-state index in [1.807, 2.05) is 6.07 Å². The van der Waals surface area contributed by atoms with Gasteiger partial charge in [0.25, 0.3) is 5.56 Å². The van der Waals surface area contributed by atoms with Gasteiger partial charge in [-0.15, -0.1) is 0 Å². The van der Waals surface area contributed by atoms with Crippen LogP contribution in [0.2, 0.25) is 0 Å². The number of nitrogens with one attached hydrogen (secondary N) is 2. The van der Waals surface area contributed by atoms with Crippen LogP contribution in [0.5, 0.6) is 0 Å². The molecule has 0 atom stereocenters. The van der Waals surface area contributed by atoms with Crippen molar-refractivity contribution >= 4 is 34.6 Å². The summed E-state index contributed by atoms with van der Waals surface area (Å²) in [6, 6.07) is 15.2. The van der Waals surface area contributed by atoms with Crippen LogP contribution < -0.4 is 16.2 Å². The SMILES string of the molecule is N#Cc1ccc(-n2c(SCC(=O)NC(=O)NC3CC3)nc3ccccc3c2=O)cc1. The number of carbonyl (C=O) groups is 2. The lowest BCUT2D eigenvalue weighted by Gasteiger charge is -2.13. The second-order valence-corrected chi connectivity index (χ2v) is 7.74. The standard InChI is InChI=1S/C21H17N5O3S/c22-11-13-5-9-15(10-6-13)26-19(28)16-3-1-2-4-17(16)24-21(26)30-12-18(27)25-20(29)23-14-7-8-14/h1-6,9-10,14H,7-8,12H2,(H2,23,25,27,29). The summed E-state index contributed by atoms with van der Waals surface area (Å²) in [6.07, 6.45) is 1.85. The van der Waals surface area contributed by atoms with Crippen molar-refractivity contribution in [1.82, 2.24) is 20.2 Å². The molecule has 0 spiro atoms. The fraction of sp³-hybridized carbons (Fsp3) is 0.190. The average molecular weight is 419 g/mol.